The summed E-state index contributed by atoms with van der Waals surface area (Å²) in [5, 5.41) is 10.6. The van der Waals surface area contributed by atoms with Crippen LogP contribution >= 0.6 is 0 Å². The van der Waals surface area contributed by atoms with E-state index in [1.807, 2.05) is 24.3 Å². The number of nitro groups is 1. The second-order valence-electron chi connectivity index (χ2n) is 5.16. The minimum Gasteiger partial charge on any atom is -0.439 e. The fourth-order valence-electron chi connectivity index (χ4n) is 2.40. The average Bonchev–Trinajstić information content (AvgIpc) is 2.88. The van der Waals surface area contributed by atoms with Gasteiger partial charge >= 0.3 is 0 Å². The monoisotopic (exact) mass is 309 g/mol. The number of benzene rings is 1. The molecule has 0 aliphatic carbocycles. The predicted octanol–water partition coefficient (Wildman–Crippen LogP) is 4.19. The predicted molar refractivity (Wildman–Crippen MR) is 86.2 cm³/mol. The summed E-state index contributed by atoms with van der Waals surface area (Å²) in [4.78, 5) is 14.0. The summed E-state index contributed by atoms with van der Waals surface area (Å²) in [5.74, 6) is 0.939. The highest BCUT2D eigenvalue weighted by atomic mass is 16.6. The summed E-state index contributed by atoms with van der Waals surface area (Å²) in [6, 6.07) is 14.6. The van der Waals surface area contributed by atoms with Crippen molar-refractivity contribution in [3.05, 3.63) is 76.2 Å². The topological polar surface area (TPSA) is 70.2 Å². The Hall–Kier alpha value is -3.15. The molecule has 0 aliphatic rings. The normalized spacial score (nSPS) is 10.5. The van der Waals surface area contributed by atoms with E-state index in [-0.39, 0.29) is 5.69 Å². The second-order valence-corrected chi connectivity index (χ2v) is 5.16. The van der Waals surface area contributed by atoms with Crippen LogP contribution in [0.15, 0.2) is 54.7 Å². The molecular weight excluding hydrogens is 294 g/mol. The maximum Gasteiger partial charge on any atom is 0.287 e. The highest BCUT2D eigenvalue weighted by molar-refractivity contribution is 5.42. The standard InChI is InChI=1S/C17H15N3O3/c1-12-3-4-13(2)19(12)14-5-8-16(9-6-14)23-17-10-7-15(11-18-17)20(21)22/h3-11H,1-2H3. The van der Waals surface area contributed by atoms with Crippen molar-refractivity contribution in [1.82, 2.24) is 9.55 Å². The van der Waals surface area contributed by atoms with Gasteiger partial charge in [0.15, 0.2) is 0 Å². The van der Waals surface area contributed by atoms with Gasteiger partial charge in [-0.1, -0.05) is 0 Å². The second kappa shape index (κ2) is 5.92. The quantitative estimate of drug-likeness (QED) is 0.535. The molecule has 0 spiro atoms. The molecule has 6 nitrogen and oxygen atoms in total. The molecular formula is C17H15N3O3. The molecule has 0 N–H and O–H groups in total. The minimum absolute atomic E-state index is 0.0637. The molecule has 0 aliphatic heterocycles. The van der Waals surface area contributed by atoms with Crippen LogP contribution in [-0.4, -0.2) is 14.5 Å². The first kappa shape index (κ1) is 14.8. The molecule has 3 rings (SSSR count). The number of pyridine rings is 1. The zero-order chi connectivity index (χ0) is 16.4. The zero-order valence-electron chi connectivity index (χ0n) is 12.8. The lowest BCUT2D eigenvalue weighted by atomic mass is 10.3. The van der Waals surface area contributed by atoms with Gasteiger partial charge < -0.3 is 9.30 Å². The number of aromatic nitrogens is 2. The molecule has 6 heteroatoms. The van der Waals surface area contributed by atoms with Gasteiger partial charge in [0.2, 0.25) is 5.88 Å². The van der Waals surface area contributed by atoms with Crippen molar-refractivity contribution in [2.45, 2.75) is 13.8 Å². The van der Waals surface area contributed by atoms with Gasteiger partial charge in [-0.2, -0.15) is 0 Å². The lowest BCUT2D eigenvalue weighted by molar-refractivity contribution is -0.385. The van der Waals surface area contributed by atoms with Gasteiger partial charge in [-0.3, -0.25) is 10.1 Å². The van der Waals surface area contributed by atoms with Gasteiger partial charge in [0, 0.05) is 29.2 Å². The third kappa shape index (κ3) is 3.06. The molecule has 0 amide bonds. The van der Waals surface area contributed by atoms with E-state index in [2.05, 4.69) is 35.5 Å². The Kier molecular flexibility index (Phi) is 3.80. The van der Waals surface area contributed by atoms with Crippen molar-refractivity contribution < 1.29 is 9.66 Å². The minimum atomic E-state index is -0.493. The molecule has 1 aromatic carbocycles. The Morgan fingerprint density at radius 2 is 1.65 bits per heavy atom. The first-order valence-corrected chi connectivity index (χ1v) is 7.08. The Morgan fingerprint density at radius 1 is 1.00 bits per heavy atom. The van der Waals surface area contributed by atoms with E-state index in [0.29, 0.717) is 11.6 Å². The van der Waals surface area contributed by atoms with E-state index in [1.165, 1.54) is 18.3 Å². The van der Waals surface area contributed by atoms with Crippen LogP contribution in [0.4, 0.5) is 5.69 Å². The summed E-state index contributed by atoms with van der Waals surface area (Å²) in [6.45, 7) is 4.11. The van der Waals surface area contributed by atoms with Crippen molar-refractivity contribution in [2.75, 3.05) is 0 Å². The third-order valence-electron chi connectivity index (χ3n) is 3.52. The molecule has 0 radical (unpaired) electrons. The van der Waals surface area contributed by atoms with E-state index < -0.39 is 4.92 Å². The van der Waals surface area contributed by atoms with Crippen molar-refractivity contribution in [3.63, 3.8) is 0 Å². The highest BCUT2D eigenvalue weighted by Crippen LogP contribution is 2.24. The van der Waals surface area contributed by atoms with E-state index in [4.69, 9.17) is 4.74 Å². The number of hydrogen-bond donors (Lipinski definition) is 0. The van der Waals surface area contributed by atoms with Crippen LogP contribution in [0.25, 0.3) is 5.69 Å². The molecule has 3 aromatic rings. The highest BCUT2D eigenvalue weighted by Gasteiger charge is 2.07. The fourth-order valence-corrected chi connectivity index (χ4v) is 2.40. The molecule has 0 saturated heterocycles. The van der Waals surface area contributed by atoms with Crippen molar-refractivity contribution >= 4 is 5.69 Å². The molecule has 0 saturated carbocycles. The van der Waals surface area contributed by atoms with Crippen LogP contribution < -0.4 is 4.74 Å². The fraction of sp³-hybridized carbons (Fsp3) is 0.118. The summed E-state index contributed by atoms with van der Waals surface area (Å²) >= 11 is 0. The van der Waals surface area contributed by atoms with Gasteiger partial charge in [-0.05, 0) is 50.2 Å². The zero-order valence-corrected chi connectivity index (χ0v) is 12.8. The first-order valence-electron chi connectivity index (χ1n) is 7.08. The number of rotatable bonds is 4. The van der Waals surface area contributed by atoms with Gasteiger partial charge in [-0.25, -0.2) is 4.98 Å². The Morgan fingerprint density at radius 3 is 2.17 bits per heavy atom. The lowest BCUT2D eigenvalue weighted by Crippen LogP contribution is -1.98. The Bertz CT molecular complexity index is 817. The van der Waals surface area contributed by atoms with Crippen LogP contribution in [0.1, 0.15) is 11.4 Å². The summed E-state index contributed by atoms with van der Waals surface area (Å²) in [7, 11) is 0. The number of hydrogen-bond acceptors (Lipinski definition) is 4. The molecule has 0 unspecified atom stereocenters. The summed E-state index contributed by atoms with van der Waals surface area (Å²) < 4.78 is 7.75. The summed E-state index contributed by atoms with van der Waals surface area (Å²) in [5.41, 5.74) is 3.31. The molecule has 0 atom stereocenters. The first-order chi connectivity index (χ1) is 11.0. The third-order valence-corrected chi connectivity index (χ3v) is 3.52. The molecule has 23 heavy (non-hydrogen) atoms. The molecule has 2 heterocycles. The SMILES string of the molecule is Cc1ccc(C)n1-c1ccc(Oc2ccc([N+](=O)[O-])cn2)cc1. The molecule has 116 valence electrons. The average molecular weight is 309 g/mol. The number of nitrogens with zero attached hydrogens (tertiary/aromatic N) is 3. The molecule has 0 bridgehead atoms. The van der Waals surface area contributed by atoms with E-state index >= 15 is 0 Å². The van der Waals surface area contributed by atoms with Crippen LogP contribution in [0.2, 0.25) is 0 Å². The van der Waals surface area contributed by atoms with Gasteiger partial charge in [0.1, 0.15) is 11.9 Å². The lowest BCUT2D eigenvalue weighted by Gasteiger charge is -2.10. The van der Waals surface area contributed by atoms with Crippen molar-refractivity contribution in [1.29, 1.82) is 0 Å². The largest absolute Gasteiger partial charge is 0.439 e. The van der Waals surface area contributed by atoms with Crippen LogP contribution in [0.5, 0.6) is 11.6 Å². The number of aryl methyl sites for hydroxylation is 2. The Labute approximate surface area is 133 Å². The van der Waals surface area contributed by atoms with Crippen molar-refractivity contribution in [2.24, 2.45) is 0 Å². The van der Waals surface area contributed by atoms with Crippen LogP contribution in [0, 0.1) is 24.0 Å². The van der Waals surface area contributed by atoms with Gasteiger partial charge in [-0.15, -0.1) is 0 Å². The summed E-state index contributed by atoms with van der Waals surface area (Å²) in [6.07, 6.45) is 1.18. The Balaban J connectivity index is 1.79. The van der Waals surface area contributed by atoms with E-state index in [9.17, 15) is 10.1 Å². The smallest absolute Gasteiger partial charge is 0.287 e. The van der Waals surface area contributed by atoms with E-state index in [1.54, 1.807) is 0 Å². The van der Waals surface area contributed by atoms with Crippen LogP contribution in [-0.2, 0) is 0 Å². The molecule has 2 aromatic heterocycles. The van der Waals surface area contributed by atoms with E-state index in [0.717, 1.165) is 17.1 Å². The van der Waals surface area contributed by atoms with Gasteiger partial charge in [0.25, 0.3) is 5.69 Å². The molecule has 0 fully saturated rings. The van der Waals surface area contributed by atoms with Crippen molar-refractivity contribution in [3.8, 4) is 17.3 Å². The van der Waals surface area contributed by atoms with Gasteiger partial charge in [0.05, 0.1) is 4.92 Å². The maximum atomic E-state index is 10.6. The maximum absolute atomic E-state index is 10.6. The van der Waals surface area contributed by atoms with Crippen LogP contribution in [0.3, 0.4) is 0 Å². The number of ether oxygens (including phenoxy) is 1.